The third-order valence-electron chi connectivity index (χ3n) is 5.54. The largest absolute Gasteiger partial charge is 0.356 e. The summed E-state index contributed by atoms with van der Waals surface area (Å²) in [5.74, 6) is 3.34. The number of fused-ring (bicyclic) bond motifs is 2. The van der Waals surface area contributed by atoms with Gasteiger partial charge in [-0.2, -0.15) is 0 Å². The minimum atomic E-state index is 0.194. The first kappa shape index (κ1) is 12.5. The van der Waals surface area contributed by atoms with Crippen LogP contribution >= 0.6 is 0 Å². The molecule has 0 aromatic carbocycles. The fourth-order valence-corrected chi connectivity index (χ4v) is 4.51. The first-order chi connectivity index (χ1) is 8.72. The Hall–Kier alpha value is -0.570. The second kappa shape index (κ2) is 5.20. The van der Waals surface area contributed by atoms with Crippen molar-refractivity contribution >= 4 is 5.91 Å². The van der Waals surface area contributed by atoms with E-state index in [-0.39, 0.29) is 17.9 Å². The van der Waals surface area contributed by atoms with Crippen molar-refractivity contribution in [3.63, 3.8) is 0 Å². The van der Waals surface area contributed by atoms with Crippen molar-refractivity contribution in [2.45, 2.75) is 57.4 Å². The molecule has 0 saturated heterocycles. The highest BCUT2D eigenvalue weighted by molar-refractivity contribution is 5.78. The van der Waals surface area contributed by atoms with Crippen LogP contribution in [-0.2, 0) is 4.79 Å². The van der Waals surface area contributed by atoms with Gasteiger partial charge >= 0.3 is 0 Å². The number of hydrogen-bond donors (Lipinski definition) is 2. The van der Waals surface area contributed by atoms with E-state index in [0.717, 1.165) is 43.6 Å². The Bertz CT molecular complexity index is 318. The number of amides is 1. The summed E-state index contributed by atoms with van der Waals surface area (Å²) >= 11 is 0. The van der Waals surface area contributed by atoms with Crippen LogP contribution in [-0.4, -0.2) is 18.5 Å². The van der Waals surface area contributed by atoms with Crippen LogP contribution in [0, 0.1) is 23.7 Å². The molecule has 0 aromatic rings. The van der Waals surface area contributed by atoms with Gasteiger partial charge in [0.1, 0.15) is 0 Å². The van der Waals surface area contributed by atoms with E-state index in [1.807, 2.05) is 0 Å². The summed E-state index contributed by atoms with van der Waals surface area (Å²) in [4.78, 5) is 12.0. The van der Waals surface area contributed by atoms with E-state index in [2.05, 4.69) is 5.32 Å². The standard InChI is InChI=1S/C15H26N2O/c16-14-4-3-13(9-14)15(18)17-6-5-12-8-10-1-2-11(12)7-10/h10-14H,1-9,16H2,(H,17,18). The molecule has 3 fully saturated rings. The molecule has 0 aromatic heterocycles. The summed E-state index contributed by atoms with van der Waals surface area (Å²) in [5, 5.41) is 3.14. The topological polar surface area (TPSA) is 55.1 Å². The number of hydrogen-bond acceptors (Lipinski definition) is 2. The fourth-order valence-electron chi connectivity index (χ4n) is 4.51. The Morgan fingerprint density at radius 3 is 2.61 bits per heavy atom. The number of carbonyl (C=O) groups excluding carboxylic acids is 1. The Labute approximate surface area is 110 Å². The maximum Gasteiger partial charge on any atom is 0.223 e. The Morgan fingerprint density at radius 2 is 2.00 bits per heavy atom. The maximum absolute atomic E-state index is 12.0. The first-order valence-electron chi connectivity index (χ1n) is 7.75. The molecule has 102 valence electrons. The zero-order valence-corrected chi connectivity index (χ0v) is 11.2. The number of carbonyl (C=O) groups is 1. The predicted molar refractivity (Wildman–Crippen MR) is 71.9 cm³/mol. The van der Waals surface area contributed by atoms with Crippen LogP contribution in [0.1, 0.15) is 51.4 Å². The van der Waals surface area contributed by atoms with Crippen LogP contribution < -0.4 is 11.1 Å². The molecule has 5 unspecified atom stereocenters. The van der Waals surface area contributed by atoms with Crippen molar-refractivity contribution in [3.8, 4) is 0 Å². The molecule has 3 aliphatic rings. The van der Waals surface area contributed by atoms with Crippen molar-refractivity contribution < 1.29 is 4.79 Å². The van der Waals surface area contributed by atoms with Crippen molar-refractivity contribution in [2.75, 3.05) is 6.54 Å². The summed E-state index contributed by atoms with van der Waals surface area (Å²) in [7, 11) is 0. The minimum Gasteiger partial charge on any atom is -0.356 e. The molecule has 0 aliphatic heterocycles. The van der Waals surface area contributed by atoms with Gasteiger partial charge in [0.05, 0.1) is 0 Å². The van der Waals surface area contributed by atoms with Gasteiger partial charge in [0.25, 0.3) is 0 Å². The Balaban J connectivity index is 1.36. The summed E-state index contributed by atoms with van der Waals surface area (Å²) < 4.78 is 0. The fraction of sp³-hybridized carbons (Fsp3) is 0.933. The Kier molecular flexibility index (Phi) is 3.60. The van der Waals surface area contributed by atoms with E-state index < -0.39 is 0 Å². The van der Waals surface area contributed by atoms with Gasteiger partial charge < -0.3 is 11.1 Å². The van der Waals surface area contributed by atoms with Crippen LogP contribution in [0.15, 0.2) is 0 Å². The molecular weight excluding hydrogens is 224 g/mol. The molecule has 3 heteroatoms. The molecular formula is C15H26N2O. The SMILES string of the molecule is NC1CCC(C(=O)NCCC2CC3CCC2C3)C1. The van der Waals surface area contributed by atoms with Gasteiger partial charge in [0.2, 0.25) is 5.91 Å². The lowest BCUT2D eigenvalue weighted by atomic mass is 9.86. The molecule has 0 heterocycles. The Morgan fingerprint density at radius 1 is 1.11 bits per heavy atom. The predicted octanol–water partition coefficient (Wildman–Crippen LogP) is 2.06. The molecule has 2 bridgehead atoms. The van der Waals surface area contributed by atoms with Crippen LogP contribution in [0.2, 0.25) is 0 Å². The van der Waals surface area contributed by atoms with Gasteiger partial charge in [0, 0.05) is 18.5 Å². The maximum atomic E-state index is 12.0. The van der Waals surface area contributed by atoms with Gasteiger partial charge in [-0.3, -0.25) is 4.79 Å². The van der Waals surface area contributed by atoms with Crippen LogP contribution in [0.25, 0.3) is 0 Å². The molecule has 3 N–H and O–H groups in total. The van der Waals surface area contributed by atoms with Crippen LogP contribution in [0.4, 0.5) is 0 Å². The second-order valence-electron chi connectivity index (χ2n) is 6.78. The van der Waals surface area contributed by atoms with Crippen molar-refractivity contribution in [1.82, 2.24) is 5.32 Å². The molecule has 3 saturated carbocycles. The summed E-state index contributed by atoms with van der Waals surface area (Å²) in [6.07, 6.45) is 9.90. The lowest BCUT2D eigenvalue weighted by Gasteiger charge is -2.22. The monoisotopic (exact) mass is 250 g/mol. The zero-order chi connectivity index (χ0) is 12.5. The highest BCUT2D eigenvalue weighted by Crippen LogP contribution is 2.49. The van der Waals surface area contributed by atoms with Crippen LogP contribution in [0.3, 0.4) is 0 Å². The average Bonchev–Trinajstić information content (AvgIpc) is 3.04. The van der Waals surface area contributed by atoms with Crippen molar-refractivity contribution in [2.24, 2.45) is 29.4 Å². The van der Waals surface area contributed by atoms with E-state index >= 15 is 0 Å². The molecule has 1 amide bonds. The lowest BCUT2D eigenvalue weighted by molar-refractivity contribution is -0.124. The highest BCUT2D eigenvalue weighted by Gasteiger charge is 2.39. The summed E-state index contributed by atoms with van der Waals surface area (Å²) in [6.45, 7) is 0.887. The summed E-state index contributed by atoms with van der Waals surface area (Å²) in [6, 6.07) is 0.256. The van der Waals surface area contributed by atoms with Gasteiger partial charge in [-0.05, 0) is 62.7 Å². The smallest absolute Gasteiger partial charge is 0.223 e. The van der Waals surface area contributed by atoms with Gasteiger partial charge in [0.15, 0.2) is 0 Å². The van der Waals surface area contributed by atoms with E-state index in [1.54, 1.807) is 0 Å². The number of nitrogens with two attached hydrogens (primary N) is 1. The van der Waals surface area contributed by atoms with E-state index in [1.165, 1.54) is 32.1 Å². The molecule has 3 aliphatic carbocycles. The number of rotatable bonds is 4. The highest BCUT2D eigenvalue weighted by atomic mass is 16.1. The van der Waals surface area contributed by atoms with E-state index in [0.29, 0.717) is 0 Å². The quantitative estimate of drug-likeness (QED) is 0.802. The third-order valence-corrected chi connectivity index (χ3v) is 5.54. The van der Waals surface area contributed by atoms with Crippen molar-refractivity contribution in [3.05, 3.63) is 0 Å². The molecule has 5 atom stereocenters. The van der Waals surface area contributed by atoms with Gasteiger partial charge in [-0.1, -0.05) is 6.42 Å². The zero-order valence-electron chi connectivity index (χ0n) is 11.2. The van der Waals surface area contributed by atoms with Gasteiger partial charge in [-0.25, -0.2) is 0 Å². The lowest BCUT2D eigenvalue weighted by Crippen LogP contribution is -2.32. The van der Waals surface area contributed by atoms with Crippen LogP contribution in [0.5, 0.6) is 0 Å². The molecule has 0 radical (unpaired) electrons. The third kappa shape index (κ3) is 2.56. The normalized spacial score (nSPS) is 42.4. The average molecular weight is 250 g/mol. The molecule has 0 spiro atoms. The number of nitrogens with one attached hydrogen (secondary N) is 1. The second-order valence-corrected chi connectivity index (χ2v) is 6.78. The first-order valence-corrected chi connectivity index (χ1v) is 7.75. The van der Waals surface area contributed by atoms with Gasteiger partial charge in [-0.15, -0.1) is 0 Å². The molecule has 3 nitrogen and oxygen atoms in total. The molecule has 18 heavy (non-hydrogen) atoms. The van der Waals surface area contributed by atoms with E-state index in [4.69, 9.17) is 5.73 Å². The van der Waals surface area contributed by atoms with Crippen molar-refractivity contribution in [1.29, 1.82) is 0 Å². The van der Waals surface area contributed by atoms with E-state index in [9.17, 15) is 4.79 Å². The molecule has 3 rings (SSSR count). The minimum absolute atomic E-state index is 0.194. The summed E-state index contributed by atoms with van der Waals surface area (Å²) in [5.41, 5.74) is 5.85.